The number of nitrogens with two attached hydrogens (primary N) is 1. The molecule has 2 rings (SSSR count). The quantitative estimate of drug-likeness (QED) is 0.751. The van der Waals surface area contributed by atoms with Gasteiger partial charge >= 0.3 is 0 Å². The summed E-state index contributed by atoms with van der Waals surface area (Å²) in [5.41, 5.74) is 6.84. The number of aromatic amines is 1. The zero-order valence-corrected chi connectivity index (χ0v) is 8.97. The average Bonchev–Trinajstić information content (AvgIpc) is 2.81. The number of carbonyl (C=O) groups is 1. The molecule has 0 saturated carbocycles. The van der Waals surface area contributed by atoms with Gasteiger partial charge in [0.15, 0.2) is 0 Å². The molecular formula is C12H13N3O. The van der Waals surface area contributed by atoms with Crippen molar-refractivity contribution in [3.05, 3.63) is 48.2 Å². The number of carbonyl (C=O) groups excluding carboxylic acids is 1. The molecule has 1 heterocycles. The lowest BCUT2D eigenvalue weighted by molar-refractivity contribution is 0.0992. The van der Waals surface area contributed by atoms with Crippen LogP contribution < -0.4 is 10.6 Å². The summed E-state index contributed by atoms with van der Waals surface area (Å²) in [4.78, 5) is 16.6. The van der Waals surface area contributed by atoms with Crippen LogP contribution in [0.25, 0.3) is 0 Å². The molecular weight excluding hydrogens is 202 g/mol. The minimum atomic E-state index is -0.0672. The highest BCUT2D eigenvalue weighted by atomic mass is 16.2. The van der Waals surface area contributed by atoms with E-state index >= 15 is 0 Å². The zero-order chi connectivity index (χ0) is 11.5. The summed E-state index contributed by atoms with van der Waals surface area (Å²) >= 11 is 0. The number of hydrogen-bond acceptors (Lipinski definition) is 2. The number of benzene rings is 1. The van der Waals surface area contributed by atoms with Crippen LogP contribution in [0.15, 0.2) is 42.6 Å². The van der Waals surface area contributed by atoms with Crippen molar-refractivity contribution < 1.29 is 4.79 Å². The molecule has 0 aliphatic carbocycles. The summed E-state index contributed by atoms with van der Waals surface area (Å²) in [6, 6.07) is 10.6. The molecule has 16 heavy (non-hydrogen) atoms. The van der Waals surface area contributed by atoms with Crippen LogP contribution in [0.4, 0.5) is 11.5 Å². The molecule has 4 nitrogen and oxygen atoms in total. The molecule has 0 saturated heterocycles. The minimum absolute atomic E-state index is 0.0672. The highest BCUT2D eigenvalue weighted by molar-refractivity contribution is 6.05. The Morgan fingerprint density at radius 1 is 1.25 bits per heavy atom. The van der Waals surface area contributed by atoms with Gasteiger partial charge in [0.1, 0.15) is 5.82 Å². The third-order valence-corrected chi connectivity index (χ3v) is 2.41. The summed E-state index contributed by atoms with van der Waals surface area (Å²) in [6.45, 7) is 0. The Morgan fingerprint density at radius 3 is 2.50 bits per heavy atom. The summed E-state index contributed by atoms with van der Waals surface area (Å²) < 4.78 is 0. The molecule has 1 amide bonds. The van der Waals surface area contributed by atoms with Crippen molar-refractivity contribution in [3.63, 3.8) is 0 Å². The fraction of sp³-hybridized carbons (Fsp3) is 0.0833. The van der Waals surface area contributed by atoms with E-state index in [2.05, 4.69) is 4.98 Å². The second-order valence-corrected chi connectivity index (χ2v) is 3.54. The molecule has 1 aromatic heterocycles. The summed E-state index contributed by atoms with van der Waals surface area (Å²) in [6.07, 6.45) is 1.78. The average molecular weight is 215 g/mol. The van der Waals surface area contributed by atoms with Crippen molar-refractivity contribution >= 4 is 17.4 Å². The van der Waals surface area contributed by atoms with Crippen LogP contribution in [0.2, 0.25) is 0 Å². The maximum Gasteiger partial charge on any atom is 0.259 e. The lowest BCUT2D eigenvalue weighted by atomic mass is 10.2. The van der Waals surface area contributed by atoms with Gasteiger partial charge in [-0.25, -0.2) is 0 Å². The molecule has 0 spiro atoms. The first-order chi connectivity index (χ1) is 7.68. The Labute approximate surface area is 93.7 Å². The highest BCUT2D eigenvalue weighted by Crippen LogP contribution is 2.13. The van der Waals surface area contributed by atoms with E-state index in [1.54, 1.807) is 42.4 Å². The smallest absolute Gasteiger partial charge is 0.259 e. The van der Waals surface area contributed by atoms with Crippen LogP contribution in [0.5, 0.6) is 0 Å². The Kier molecular flexibility index (Phi) is 2.64. The van der Waals surface area contributed by atoms with Gasteiger partial charge in [-0.15, -0.1) is 0 Å². The number of nitrogens with one attached hydrogen (secondary N) is 1. The second-order valence-electron chi connectivity index (χ2n) is 3.54. The molecule has 0 atom stereocenters. The van der Waals surface area contributed by atoms with Crippen molar-refractivity contribution in [2.75, 3.05) is 17.7 Å². The first kappa shape index (κ1) is 10.3. The number of nitrogens with zero attached hydrogens (tertiary/aromatic N) is 1. The van der Waals surface area contributed by atoms with Crippen LogP contribution in [0.1, 0.15) is 10.4 Å². The van der Waals surface area contributed by atoms with E-state index in [9.17, 15) is 4.79 Å². The SMILES string of the molecule is CN(C(=O)c1ccc(N)cc1)c1ccc[nH]1. The predicted octanol–water partition coefficient (Wildman–Crippen LogP) is 1.87. The monoisotopic (exact) mass is 215 g/mol. The molecule has 0 aliphatic rings. The minimum Gasteiger partial charge on any atom is -0.399 e. The molecule has 0 fully saturated rings. The summed E-state index contributed by atoms with van der Waals surface area (Å²) in [5.74, 6) is 0.698. The van der Waals surface area contributed by atoms with Crippen molar-refractivity contribution in [2.45, 2.75) is 0 Å². The van der Waals surface area contributed by atoms with Crippen LogP contribution in [0, 0.1) is 0 Å². The van der Waals surface area contributed by atoms with Gasteiger partial charge in [0.2, 0.25) is 0 Å². The molecule has 4 heteroatoms. The van der Waals surface area contributed by atoms with Crippen LogP contribution in [0.3, 0.4) is 0 Å². The van der Waals surface area contributed by atoms with Crippen molar-refractivity contribution in [1.29, 1.82) is 0 Å². The largest absolute Gasteiger partial charge is 0.399 e. The van der Waals surface area contributed by atoms with E-state index < -0.39 is 0 Å². The molecule has 0 unspecified atom stereocenters. The van der Waals surface area contributed by atoms with E-state index in [1.807, 2.05) is 12.1 Å². The van der Waals surface area contributed by atoms with Crippen LogP contribution in [-0.2, 0) is 0 Å². The van der Waals surface area contributed by atoms with Gasteiger partial charge in [-0.05, 0) is 36.4 Å². The van der Waals surface area contributed by atoms with E-state index in [-0.39, 0.29) is 5.91 Å². The first-order valence-electron chi connectivity index (χ1n) is 4.95. The predicted molar refractivity (Wildman–Crippen MR) is 64.4 cm³/mol. The summed E-state index contributed by atoms with van der Waals surface area (Å²) in [7, 11) is 1.73. The number of aromatic nitrogens is 1. The molecule has 2 aromatic rings. The van der Waals surface area contributed by atoms with Gasteiger partial charge in [-0.3, -0.25) is 9.69 Å². The number of amides is 1. The maximum absolute atomic E-state index is 12.0. The van der Waals surface area contributed by atoms with Gasteiger partial charge in [-0.1, -0.05) is 0 Å². The Hall–Kier alpha value is -2.23. The van der Waals surface area contributed by atoms with Crippen LogP contribution >= 0.6 is 0 Å². The maximum atomic E-state index is 12.0. The standard InChI is InChI=1S/C12H13N3O/c1-15(11-3-2-8-14-11)12(16)9-4-6-10(13)7-5-9/h2-8,14H,13H2,1H3. The fourth-order valence-corrected chi connectivity index (χ4v) is 1.46. The van der Waals surface area contributed by atoms with E-state index in [4.69, 9.17) is 5.73 Å². The van der Waals surface area contributed by atoms with Crippen molar-refractivity contribution in [3.8, 4) is 0 Å². The zero-order valence-electron chi connectivity index (χ0n) is 8.97. The normalized spacial score (nSPS) is 10.1. The Balaban J connectivity index is 2.22. The number of rotatable bonds is 2. The van der Waals surface area contributed by atoms with Gasteiger partial charge in [0, 0.05) is 24.5 Å². The summed E-state index contributed by atoms with van der Waals surface area (Å²) in [5, 5.41) is 0. The third-order valence-electron chi connectivity index (χ3n) is 2.41. The molecule has 0 aliphatic heterocycles. The van der Waals surface area contributed by atoms with E-state index in [0.29, 0.717) is 11.3 Å². The first-order valence-corrected chi connectivity index (χ1v) is 4.95. The van der Waals surface area contributed by atoms with Crippen molar-refractivity contribution in [1.82, 2.24) is 4.98 Å². The topological polar surface area (TPSA) is 62.1 Å². The van der Waals surface area contributed by atoms with Gasteiger partial charge in [0.05, 0.1) is 0 Å². The Morgan fingerprint density at radius 2 is 1.94 bits per heavy atom. The van der Waals surface area contributed by atoms with Crippen molar-refractivity contribution in [2.24, 2.45) is 0 Å². The molecule has 82 valence electrons. The Bertz CT molecular complexity index is 473. The molecule has 1 aromatic carbocycles. The van der Waals surface area contributed by atoms with E-state index in [1.165, 1.54) is 0 Å². The number of nitrogen functional groups attached to an aromatic ring is 1. The molecule has 0 bridgehead atoms. The second kappa shape index (κ2) is 4.10. The number of H-pyrrole nitrogens is 1. The van der Waals surface area contributed by atoms with Gasteiger partial charge in [0.25, 0.3) is 5.91 Å². The highest BCUT2D eigenvalue weighted by Gasteiger charge is 2.13. The molecule has 3 N–H and O–H groups in total. The van der Waals surface area contributed by atoms with Gasteiger partial charge < -0.3 is 10.7 Å². The lowest BCUT2D eigenvalue weighted by Crippen LogP contribution is -2.26. The number of anilines is 2. The molecule has 0 radical (unpaired) electrons. The van der Waals surface area contributed by atoms with E-state index in [0.717, 1.165) is 5.82 Å². The van der Waals surface area contributed by atoms with Crippen LogP contribution in [-0.4, -0.2) is 17.9 Å². The number of hydrogen-bond donors (Lipinski definition) is 2. The third kappa shape index (κ3) is 1.91. The lowest BCUT2D eigenvalue weighted by Gasteiger charge is -2.15. The fourth-order valence-electron chi connectivity index (χ4n) is 1.46. The van der Waals surface area contributed by atoms with Gasteiger partial charge in [-0.2, -0.15) is 0 Å².